The molecule has 172 valence electrons. The van der Waals surface area contributed by atoms with E-state index in [-0.39, 0.29) is 17.9 Å². The zero-order valence-corrected chi connectivity index (χ0v) is 19.8. The standard InChI is InChI=1S/C24H43N3O3/c1-10-22(15-18(2)3)19(4)20(5)26-17-27-24(8,11-13-28)23(7,12-14-30-9)16-25-21(6)29/h10,17-18,25,28-29H,4-6,11-16H2,1-3,7-9H3,(H,26,27)/b22-10-. The van der Waals surface area contributed by atoms with Crippen molar-refractivity contribution in [3.05, 3.63) is 48.5 Å². The fourth-order valence-corrected chi connectivity index (χ4v) is 3.33. The molecule has 30 heavy (non-hydrogen) atoms. The molecular weight excluding hydrogens is 378 g/mol. The van der Waals surface area contributed by atoms with E-state index in [2.05, 4.69) is 62.2 Å². The summed E-state index contributed by atoms with van der Waals surface area (Å²) in [5.74, 6) is 0.429. The fraction of sp³-hybridized carbons (Fsp3) is 0.625. The summed E-state index contributed by atoms with van der Waals surface area (Å²) in [5.41, 5.74) is 1.65. The number of hydrogen-bond acceptors (Lipinski definition) is 5. The molecule has 0 aliphatic heterocycles. The first-order valence-electron chi connectivity index (χ1n) is 10.5. The Morgan fingerprint density at radius 2 is 1.83 bits per heavy atom. The maximum absolute atomic E-state index is 9.71. The van der Waals surface area contributed by atoms with Crippen LogP contribution in [0.2, 0.25) is 0 Å². The molecule has 2 atom stereocenters. The second-order valence-electron chi connectivity index (χ2n) is 8.65. The lowest BCUT2D eigenvalue weighted by Gasteiger charge is -2.47. The SMILES string of the molecule is C=C(O)NCC(C)(CCOC)C(C)(CCO)N/C=N\C(=C)C(=C)/C(=C\C)CC(C)C. The van der Waals surface area contributed by atoms with Crippen LogP contribution in [0.4, 0.5) is 0 Å². The second-order valence-corrected chi connectivity index (χ2v) is 8.65. The summed E-state index contributed by atoms with van der Waals surface area (Å²) >= 11 is 0. The summed E-state index contributed by atoms with van der Waals surface area (Å²) in [6.07, 6.45) is 5.79. The summed E-state index contributed by atoms with van der Waals surface area (Å²) < 4.78 is 5.29. The molecule has 0 saturated heterocycles. The van der Waals surface area contributed by atoms with E-state index in [9.17, 15) is 10.2 Å². The largest absolute Gasteiger partial charge is 0.495 e. The summed E-state index contributed by atoms with van der Waals surface area (Å²) in [4.78, 5) is 4.49. The Balaban J connectivity index is 5.52. The van der Waals surface area contributed by atoms with E-state index >= 15 is 0 Å². The molecular formula is C24H43N3O3. The third kappa shape index (κ3) is 8.76. The molecule has 6 nitrogen and oxygen atoms in total. The summed E-state index contributed by atoms with van der Waals surface area (Å²) in [7, 11) is 1.66. The van der Waals surface area contributed by atoms with E-state index in [0.29, 0.717) is 37.6 Å². The maximum atomic E-state index is 9.71. The Bertz CT molecular complexity index is 640. The van der Waals surface area contributed by atoms with Gasteiger partial charge in [-0.1, -0.05) is 40.0 Å². The third-order valence-corrected chi connectivity index (χ3v) is 5.80. The van der Waals surface area contributed by atoms with Crippen molar-refractivity contribution in [2.45, 2.75) is 59.4 Å². The van der Waals surface area contributed by atoms with Crippen molar-refractivity contribution in [3.63, 3.8) is 0 Å². The van der Waals surface area contributed by atoms with Gasteiger partial charge < -0.3 is 25.6 Å². The first-order chi connectivity index (χ1) is 14.0. The quantitative estimate of drug-likeness (QED) is 0.128. The Morgan fingerprint density at radius 3 is 2.30 bits per heavy atom. The molecule has 6 heteroatoms. The van der Waals surface area contributed by atoms with E-state index in [1.54, 1.807) is 13.4 Å². The maximum Gasteiger partial charge on any atom is 0.176 e. The number of aliphatic hydroxyl groups excluding tert-OH is 2. The van der Waals surface area contributed by atoms with Gasteiger partial charge in [0.2, 0.25) is 0 Å². The summed E-state index contributed by atoms with van der Waals surface area (Å²) in [5, 5.41) is 25.5. The molecule has 0 radical (unpaired) electrons. The molecule has 2 unspecified atom stereocenters. The van der Waals surface area contributed by atoms with Crippen molar-refractivity contribution in [1.82, 2.24) is 10.6 Å². The zero-order chi connectivity index (χ0) is 23.4. The van der Waals surface area contributed by atoms with Crippen LogP contribution >= 0.6 is 0 Å². The summed E-state index contributed by atoms with van der Waals surface area (Å²) in [6, 6.07) is 0. The minimum atomic E-state index is -0.533. The zero-order valence-electron chi connectivity index (χ0n) is 19.8. The highest BCUT2D eigenvalue weighted by molar-refractivity contribution is 5.60. The predicted molar refractivity (Wildman–Crippen MR) is 128 cm³/mol. The van der Waals surface area contributed by atoms with Gasteiger partial charge in [-0.3, -0.25) is 0 Å². The smallest absolute Gasteiger partial charge is 0.176 e. The van der Waals surface area contributed by atoms with Gasteiger partial charge in [-0.25, -0.2) is 4.99 Å². The monoisotopic (exact) mass is 421 g/mol. The molecule has 4 N–H and O–H groups in total. The molecule has 0 rings (SSSR count). The first kappa shape index (κ1) is 27.9. The van der Waals surface area contributed by atoms with Gasteiger partial charge in [0, 0.05) is 37.8 Å². The number of nitrogens with zero attached hydrogens (tertiary/aromatic N) is 1. The normalized spacial score (nSPS) is 16.2. The van der Waals surface area contributed by atoms with E-state index < -0.39 is 5.54 Å². The van der Waals surface area contributed by atoms with Gasteiger partial charge in [0.15, 0.2) is 5.88 Å². The van der Waals surface area contributed by atoms with Crippen LogP contribution in [0.3, 0.4) is 0 Å². The van der Waals surface area contributed by atoms with E-state index in [1.165, 1.54) is 0 Å². The Kier molecular flexibility index (Phi) is 12.4. The number of ether oxygens (including phenoxy) is 1. The average molecular weight is 422 g/mol. The van der Waals surface area contributed by atoms with Gasteiger partial charge in [-0.2, -0.15) is 0 Å². The molecule has 0 aromatic carbocycles. The minimum Gasteiger partial charge on any atom is -0.495 e. The van der Waals surface area contributed by atoms with E-state index in [1.807, 2.05) is 13.8 Å². The highest BCUT2D eigenvalue weighted by atomic mass is 16.5. The molecule has 0 aliphatic rings. The van der Waals surface area contributed by atoms with Crippen molar-refractivity contribution in [2.75, 3.05) is 26.9 Å². The van der Waals surface area contributed by atoms with E-state index in [0.717, 1.165) is 17.6 Å². The van der Waals surface area contributed by atoms with Gasteiger partial charge in [0.05, 0.1) is 12.0 Å². The second kappa shape index (κ2) is 13.3. The van der Waals surface area contributed by atoms with Gasteiger partial charge in [0.1, 0.15) is 0 Å². The van der Waals surface area contributed by atoms with Crippen molar-refractivity contribution in [1.29, 1.82) is 0 Å². The van der Waals surface area contributed by atoms with Crippen molar-refractivity contribution in [3.8, 4) is 0 Å². The topological polar surface area (TPSA) is 86.1 Å². The lowest BCUT2D eigenvalue weighted by atomic mass is 9.68. The van der Waals surface area contributed by atoms with E-state index in [4.69, 9.17) is 4.74 Å². The van der Waals surface area contributed by atoms with Crippen LogP contribution < -0.4 is 10.6 Å². The lowest BCUT2D eigenvalue weighted by Crippen LogP contribution is -2.59. The number of aliphatic hydroxyl groups is 2. The van der Waals surface area contributed by atoms with Gasteiger partial charge in [-0.05, 0) is 56.8 Å². The van der Waals surface area contributed by atoms with Crippen LogP contribution in [0.15, 0.2) is 53.5 Å². The number of rotatable bonds is 16. The fourth-order valence-electron chi connectivity index (χ4n) is 3.33. The van der Waals surface area contributed by atoms with Crippen LogP contribution in [0, 0.1) is 11.3 Å². The number of methoxy groups -OCH3 is 1. The van der Waals surface area contributed by atoms with Gasteiger partial charge in [0.25, 0.3) is 0 Å². The molecule has 0 amide bonds. The number of aliphatic imine (C=N–C) groups is 1. The molecule has 0 aromatic heterocycles. The van der Waals surface area contributed by atoms with Crippen LogP contribution in [0.1, 0.15) is 53.9 Å². The highest BCUT2D eigenvalue weighted by Gasteiger charge is 2.43. The Morgan fingerprint density at radius 1 is 1.20 bits per heavy atom. The molecule has 0 saturated carbocycles. The lowest BCUT2D eigenvalue weighted by molar-refractivity contribution is 0.0577. The van der Waals surface area contributed by atoms with Crippen molar-refractivity contribution < 1.29 is 14.9 Å². The number of hydrogen-bond donors (Lipinski definition) is 4. The molecule has 0 aromatic rings. The number of allylic oxidation sites excluding steroid dienone is 2. The third-order valence-electron chi connectivity index (χ3n) is 5.80. The molecule has 0 aliphatic carbocycles. The molecule has 0 fully saturated rings. The van der Waals surface area contributed by atoms with Gasteiger partial charge >= 0.3 is 0 Å². The molecule has 0 bridgehead atoms. The van der Waals surface area contributed by atoms with Crippen LogP contribution in [0.25, 0.3) is 0 Å². The average Bonchev–Trinajstić information content (AvgIpc) is 2.68. The molecule has 0 heterocycles. The van der Waals surface area contributed by atoms with Crippen LogP contribution in [-0.4, -0.2) is 49.0 Å². The van der Waals surface area contributed by atoms with Crippen LogP contribution in [-0.2, 0) is 4.74 Å². The van der Waals surface area contributed by atoms with Gasteiger partial charge in [-0.15, -0.1) is 0 Å². The molecule has 0 spiro atoms. The minimum absolute atomic E-state index is 0.00471. The summed E-state index contributed by atoms with van der Waals surface area (Å²) in [6.45, 7) is 23.2. The first-order valence-corrected chi connectivity index (χ1v) is 10.5. The Hall–Kier alpha value is -2.05. The predicted octanol–water partition coefficient (Wildman–Crippen LogP) is 4.47. The van der Waals surface area contributed by atoms with Crippen molar-refractivity contribution in [2.24, 2.45) is 16.3 Å². The highest BCUT2D eigenvalue weighted by Crippen LogP contribution is 2.37. The Labute approximate surface area is 183 Å². The number of nitrogens with one attached hydrogen (secondary N) is 2. The van der Waals surface area contributed by atoms with Crippen LogP contribution in [0.5, 0.6) is 0 Å². The van der Waals surface area contributed by atoms with Crippen molar-refractivity contribution >= 4 is 6.34 Å².